The number of phenolic OH excluding ortho intramolecular Hbond substituents is 1. The van der Waals surface area contributed by atoms with Crippen LogP contribution >= 0.6 is 11.6 Å². The Labute approximate surface area is 174 Å². The third kappa shape index (κ3) is 4.58. The van der Waals surface area contributed by atoms with E-state index < -0.39 is 17.9 Å². The Kier molecular flexibility index (Phi) is 6.20. The average Bonchev–Trinajstić information content (AvgIpc) is 2.70. The van der Waals surface area contributed by atoms with Crippen molar-refractivity contribution in [2.75, 3.05) is 5.32 Å². The SMILES string of the molecule is Cc1cccc(C)c1NC(=O)[C@@H](NC(=O)c1ccccc1O)c1ccccc1Cl. The van der Waals surface area contributed by atoms with E-state index in [1.807, 2.05) is 32.0 Å². The number of carbonyl (C=O) groups is 2. The molecule has 0 unspecified atom stereocenters. The summed E-state index contributed by atoms with van der Waals surface area (Å²) in [4.78, 5) is 25.9. The Hall–Kier alpha value is -3.31. The van der Waals surface area contributed by atoms with E-state index in [1.165, 1.54) is 12.1 Å². The van der Waals surface area contributed by atoms with E-state index in [0.717, 1.165) is 11.1 Å². The maximum atomic E-state index is 13.2. The predicted octanol–water partition coefficient (Wildman–Crippen LogP) is 4.77. The van der Waals surface area contributed by atoms with Crippen LogP contribution in [0.3, 0.4) is 0 Å². The second-order valence-corrected chi connectivity index (χ2v) is 7.11. The largest absolute Gasteiger partial charge is 0.507 e. The molecule has 6 heteroatoms. The van der Waals surface area contributed by atoms with Crippen molar-refractivity contribution in [2.45, 2.75) is 19.9 Å². The van der Waals surface area contributed by atoms with Crippen LogP contribution < -0.4 is 10.6 Å². The Balaban J connectivity index is 1.95. The first kappa shape index (κ1) is 20.4. The first-order valence-electron chi connectivity index (χ1n) is 9.09. The monoisotopic (exact) mass is 408 g/mol. The molecule has 3 aromatic rings. The molecule has 1 atom stereocenters. The van der Waals surface area contributed by atoms with Crippen LogP contribution in [0.25, 0.3) is 0 Å². The molecule has 0 saturated carbocycles. The predicted molar refractivity (Wildman–Crippen MR) is 114 cm³/mol. The number of para-hydroxylation sites is 2. The number of halogens is 1. The van der Waals surface area contributed by atoms with Crippen LogP contribution in [0.4, 0.5) is 5.69 Å². The molecule has 0 spiro atoms. The third-order valence-electron chi connectivity index (χ3n) is 4.63. The van der Waals surface area contributed by atoms with Gasteiger partial charge in [0.2, 0.25) is 0 Å². The number of nitrogens with one attached hydrogen (secondary N) is 2. The van der Waals surface area contributed by atoms with E-state index in [2.05, 4.69) is 10.6 Å². The lowest BCUT2D eigenvalue weighted by molar-refractivity contribution is -0.118. The Bertz CT molecular complexity index is 1050. The van der Waals surface area contributed by atoms with Crippen molar-refractivity contribution in [1.82, 2.24) is 5.32 Å². The normalized spacial score (nSPS) is 11.6. The highest BCUT2D eigenvalue weighted by molar-refractivity contribution is 6.31. The molecule has 29 heavy (non-hydrogen) atoms. The molecule has 0 fully saturated rings. The highest BCUT2D eigenvalue weighted by Crippen LogP contribution is 2.27. The van der Waals surface area contributed by atoms with Crippen molar-refractivity contribution in [1.29, 1.82) is 0 Å². The van der Waals surface area contributed by atoms with Gasteiger partial charge in [0.05, 0.1) is 5.56 Å². The van der Waals surface area contributed by atoms with Gasteiger partial charge in [0.1, 0.15) is 11.8 Å². The first-order valence-corrected chi connectivity index (χ1v) is 9.46. The summed E-state index contributed by atoms with van der Waals surface area (Å²) in [7, 11) is 0. The fourth-order valence-electron chi connectivity index (χ4n) is 3.08. The number of rotatable bonds is 5. The van der Waals surface area contributed by atoms with Gasteiger partial charge in [-0.25, -0.2) is 0 Å². The van der Waals surface area contributed by atoms with Gasteiger partial charge in [-0.15, -0.1) is 0 Å². The summed E-state index contributed by atoms with van der Waals surface area (Å²) < 4.78 is 0. The van der Waals surface area contributed by atoms with Crippen molar-refractivity contribution in [2.24, 2.45) is 0 Å². The number of aryl methyl sites for hydroxylation is 2. The van der Waals surface area contributed by atoms with E-state index in [1.54, 1.807) is 36.4 Å². The number of hydrogen-bond acceptors (Lipinski definition) is 3. The van der Waals surface area contributed by atoms with Gasteiger partial charge in [0.25, 0.3) is 11.8 Å². The standard InChI is InChI=1S/C23H21ClN2O3/c1-14-8-7-9-15(2)20(14)25-23(29)21(16-10-3-5-12-18(16)24)26-22(28)17-11-4-6-13-19(17)27/h3-13,21,27H,1-2H3,(H,25,29)(H,26,28)/t21-/m0/s1. The molecule has 0 aliphatic heterocycles. The fourth-order valence-corrected chi connectivity index (χ4v) is 3.32. The summed E-state index contributed by atoms with van der Waals surface area (Å²) in [5.41, 5.74) is 3.03. The minimum Gasteiger partial charge on any atom is -0.507 e. The van der Waals surface area contributed by atoms with Crippen LogP contribution in [0.15, 0.2) is 66.7 Å². The third-order valence-corrected chi connectivity index (χ3v) is 4.98. The van der Waals surface area contributed by atoms with Gasteiger partial charge >= 0.3 is 0 Å². The van der Waals surface area contributed by atoms with E-state index in [9.17, 15) is 14.7 Å². The molecule has 148 valence electrons. The topological polar surface area (TPSA) is 78.4 Å². The fraction of sp³-hybridized carbons (Fsp3) is 0.130. The lowest BCUT2D eigenvalue weighted by Crippen LogP contribution is -2.37. The zero-order chi connectivity index (χ0) is 21.0. The Morgan fingerprint density at radius 3 is 2.17 bits per heavy atom. The smallest absolute Gasteiger partial charge is 0.255 e. The molecule has 0 bridgehead atoms. The number of hydrogen-bond donors (Lipinski definition) is 3. The van der Waals surface area contributed by atoms with Gasteiger partial charge < -0.3 is 15.7 Å². The van der Waals surface area contributed by atoms with Crippen LogP contribution in [-0.4, -0.2) is 16.9 Å². The molecule has 3 rings (SSSR count). The van der Waals surface area contributed by atoms with Crippen molar-refractivity contribution in [3.8, 4) is 5.75 Å². The first-order chi connectivity index (χ1) is 13.9. The van der Waals surface area contributed by atoms with E-state index >= 15 is 0 Å². The van der Waals surface area contributed by atoms with Gasteiger partial charge in [-0.2, -0.15) is 0 Å². The molecule has 0 radical (unpaired) electrons. The molecular formula is C23H21ClN2O3. The summed E-state index contributed by atoms with van der Waals surface area (Å²) in [6, 6.07) is 17.6. The minimum absolute atomic E-state index is 0.0735. The maximum absolute atomic E-state index is 13.2. The minimum atomic E-state index is -1.05. The summed E-state index contributed by atoms with van der Waals surface area (Å²) >= 11 is 6.31. The number of benzene rings is 3. The van der Waals surface area contributed by atoms with Gasteiger partial charge in [0.15, 0.2) is 0 Å². The summed E-state index contributed by atoms with van der Waals surface area (Å²) in [5, 5.41) is 15.9. The molecule has 0 saturated heterocycles. The highest BCUT2D eigenvalue weighted by Gasteiger charge is 2.27. The van der Waals surface area contributed by atoms with E-state index in [4.69, 9.17) is 11.6 Å². The van der Waals surface area contributed by atoms with Crippen LogP contribution in [0, 0.1) is 13.8 Å². The van der Waals surface area contributed by atoms with Crippen LogP contribution in [0.2, 0.25) is 5.02 Å². The van der Waals surface area contributed by atoms with E-state index in [0.29, 0.717) is 16.3 Å². The quantitative estimate of drug-likeness (QED) is 0.568. The molecule has 0 heterocycles. The molecule has 2 amide bonds. The molecule has 3 aromatic carbocycles. The van der Waals surface area contributed by atoms with Crippen molar-refractivity contribution < 1.29 is 14.7 Å². The summed E-state index contributed by atoms with van der Waals surface area (Å²) in [6.07, 6.45) is 0. The van der Waals surface area contributed by atoms with E-state index in [-0.39, 0.29) is 11.3 Å². The zero-order valence-electron chi connectivity index (χ0n) is 16.1. The number of phenols is 1. The van der Waals surface area contributed by atoms with Gasteiger partial charge in [-0.1, -0.05) is 60.1 Å². The molecule has 0 aliphatic carbocycles. The van der Waals surface area contributed by atoms with Crippen molar-refractivity contribution in [3.05, 3.63) is 94.0 Å². The van der Waals surface area contributed by atoms with Crippen molar-refractivity contribution >= 4 is 29.1 Å². The number of aromatic hydroxyl groups is 1. The number of amides is 2. The highest BCUT2D eigenvalue weighted by atomic mass is 35.5. The second-order valence-electron chi connectivity index (χ2n) is 6.70. The zero-order valence-corrected chi connectivity index (χ0v) is 16.8. The molecule has 0 aromatic heterocycles. The maximum Gasteiger partial charge on any atom is 0.255 e. The Morgan fingerprint density at radius 1 is 0.897 bits per heavy atom. The van der Waals surface area contributed by atoms with Gasteiger partial charge in [-0.05, 0) is 43.2 Å². The summed E-state index contributed by atoms with van der Waals surface area (Å²) in [5.74, 6) is -1.18. The molecule has 0 aliphatic rings. The van der Waals surface area contributed by atoms with Crippen LogP contribution in [0.1, 0.15) is 33.1 Å². The molecular weight excluding hydrogens is 388 g/mol. The number of anilines is 1. The lowest BCUT2D eigenvalue weighted by Gasteiger charge is -2.21. The molecule has 5 nitrogen and oxygen atoms in total. The van der Waals surface area contributed by atoms with Gasteiger partial charge in [0, 0.05) is 16.3 Å². The van der Waals surface area contributed by atoms with Crippen molar-refractivity contribution in [3.63, 3.8) is 0 Å². The molecule has 3 N–H and O–H groups in total. The summed E-state index contributed by atoms with van der Waals surface area (Å²) in [6.45, 7) is 3.79. The second kappa shape index (κ2) is 8.80. The number of carbonyl (C=O) groups excluding carboxylic acids is 2. The van der Waals surface area contributed by atoms with Crippen LogP contribution in [0.5, 0.6) is 5.75 Å². The van der Waals surface area contributed by atoms with Crippen LogP contribution in [-0.2, 0) is 4.79 Å². The lowest BCUT2D eigenvalue weighted by atomic mass is 10.0. The Morgan fingerprint density at radius 2 is 1.52 bits per heavy atom. The van der Waals surface area contributed by atoms with Gasteiger partial charge in [-0.3, -0.25) is 9.59 Å². The average molecular weight is 409 g/mol.